The molecule has 6 rings (SSSR count). The Balaban J connectivity index is 1.25. The second-order valence-electron chi connectivity index (χ2n) is 7.99. The van der Waals surface area contributed by atoms with E-state index < -0.39 is 0 Å². The minimum Gasteiger partial charge on any atom is -0.360 e. The third-order valence-corrected chi connectivity index (χ3v) is 6.53. The standard InChI is InChI=1S/C23H21FN4/c24-18-6-3-5-17-20-13-25-14-28(20)23(22(17)18)15-8-10-27(11-9-15)21-12-16-4-1-2-7-19(16)26-21/h1-7,13-15,23H,8-12H2. The number of fused-ring (bicyclic) bond motifs is 4. The van der Waals surface area contributed by atoms with Crippen molar-refractivity contribution in [1.29, 1.82) is 0 Å². The molecule has 4 heterocycles. The van der Waals surface area contributed by atoms with Crippen LogP contribution in [0.2, 0.25) is 0 Å². The monoisotopic (exact) mass is 372 g/mol. The first-order chi connectivity index (χ1) is 13.8. The highest BCUT2D eigenvalue weighted by Crippen LogP contribution is 2.46. The van der Waals surface area contributed by atoms with E-state index in [1.807, 2.05) is 24.7 Å². The molecule has 0 amide bonds. The quantitative estimate of drug-likeness (QED) is 0.626. The van der Waals surface area contributed by atoms with Crippen molar-refractivity contribution in [3.05, 3.63) is 71.9 Å². The highest BCUT2D eigenvalue weighted by atomic mass is 19.1. The van der Waals surface area contributed by atoms with E-state index in [0.717, 1.165) is 54.9 Å². The number of rotatable bonds is 1. The number of likely N-dealkylation sites (tertiary alicyclic amines) is 1. The second kappa shape index (κ2) is 6.03. The second-order valence-corrected chi connectivity index (χ2v) is 7.99. The normalized spacial score (nSPS) is 20.7. The van der Waals surface area contributed by atoms with Crippen LogP contribution >= 0.6 is 0 Å². The van der Waals surface area contributed by atoms with Gasteiger partial charge in [0.1, 0.15) is 11.7 Å². The molecule has 140 valence electrons. The molecule has 3 aliphatic rings. The van der Waals surface area contributed by atoms with Crippen molar-refractivity contribution < 1.29 is 4.39 Å². The van der Waals surface area contributed by atoms with Crippen LogP contribution in [0.4, 0.5) is 10.1 Å². The summed E-state index contributed by atoms with van der Waals surface area (Å²) < 4.78 is 16.9. The first-order valence-electron chi connectivity index (χ1n) is 10.0. The fraction of sp³-hybridized carbons (Fsp3) is 0.304. The molecule has 1 aromatic heterocycles. The molecule has 3 aliphatic heterocycles. The molecule has 5 heteroatoms. The zero-order valence-corrected chi connectivity index (χ0v) is 15.6. The number of hydrogen-bond donors (Lipinski definition) is 0. The third kappa shape index (κ3) is 2.28. The number of halogens is 1. The van der Waals surface area contributed by atoms with Gasteiger partial charge in [0.2, 0.25) is 0 Å². The van der Waals surface area contributed by atoms with Crippen LogP contribution in [0, 0.1) is 11.7 Å². The number of nitrogens with zero attached hydrogens (tertiary/aromatic N) is 4. The molecule has 0 saturated carbocycles. The molecule has 1 unspecified atom stereocenters. The Hall–Kier alpha value is -2.95. The summed E-state index contributed by atoms with van der Waals surface area (Å²) in [5, 5.41) is 0. The predicted octanol–water partition coefficient (Wildman–Crippen LogP) is 4.59. The first kappa shape index (κ1) is 16.0. The lowest BCUT2D eigenvalue weighted by molar-refractivity contribution is 0.222. The topological polar surface area (TPSA) is 33.4 Å². The Morgan fingerprint density at radius 2 is 1.86 bits per heavy atom. The van der Waals surface area contributed by atoms with Crippen LogP contribution < -0.4 is 0 Å². The number of hydrogen-bond acceptors (Lipinski definition) is 3. The van der Waals surface area contributed by atoms with Gasteiger partial charge in [-0.3, -0.25) is 0 Å². The molecule has 0 aliphatic carbocycles. The van der Waals surface area contributed by atoms with Crippen LogP contribution in [0.15, 0.2) is 60.0 Å². The van der Waals surface area contributed by atoms with Crippen LogP contribution in [0.25, 0.3) is 11.3 Å². The van der Waals surface area contributed by atoms with Crippen LogP contribution in [0.5, 0.6) is 0 Å². The lowest BCUT2D eigenvalue weighted by Crippen LogP contribution is -2.40. The van der Waals surface area contributed by atoms with Crippen LogP contribution in [0.1, 0.15) is 30.0 Å². The zero-order chi connectivity index (χ0) is 18.7. The maximum Gasteiger partial charge on any atom is 0.129 e. The summed E-state index contributed by atoms with van der Waals surface area (Å²) in [7, 11) is 0. The van der Waals surface area contributed by atoms with Gasteiger partial charge in [0.15, 0.2) is 0 Å². The molecule has 0 bridgehead atoms. The molecule has 28 heavy (non-hydrogen) atoms. The molecule has 0 N–H and O–H groups in total. The van der Waals surface area contributed by atoms with E-state index in [1.54, 1.807) is 12.1 Å². The minimum atomic E-state index is -0.0933. The van der Waals surface area contributed by atoms with E-state index in [1.165, 1.54) is 11.4 Å². The van der Waals surface area contributed by atoms with Crippen LogP contribution in [0.3, 0.4) is 0 Å². The maximum atomic E-state index is 14.7. The smallest absolute Gasteiger partial charge is 0.129 e. The summed E-state index contributed by atoms with van der Waals surface area (Å²) in [4.78, 5) is 11.6. The minimum absolute atomic E-state index is 0.0542. The largest absolute Gasteiger partial charge is 0.360 e. The first-order valence-corrected chi connectivity index (χ1v) is 10.0. The molecule has 1 saturated heterocycles. The van der Waals surface area contributed by atoms with Crippen molar-refractivity contribution in [3.63, 3.8) is 0 Å². The van der Waals surface area contributed by atoms with E-state index in [-0.39, 0.29) is 11.9 Å². The number of aliphatic imine (C=N–C) groups is 1. The SMILES string of the molecule is Fc1cccc2c1C(C1CCN(C3=Nc4ccccc4C3)CC1)n1cncc1-2. The number of piperidine rings is 1. The fourth-order valence-corrected chi connectivity index (χ4v) is 5.17. The Kier molecular flexibility index (Phi) is 3.45. The van der Waals surface area contributed by atoms with Gasteiger partial charge in [0.25, 0.3) is 0 Å². The van der Waals surface area contributed by atoms with E-state index in [9.17, 15) is 4.39 Å². The summed E-state index contributed by atoms with van der Waals surface area (Å²) in [5.74, 6) is 1.50. The molecule has 1 fully saturated rings. The lowest BCUT2D eigenvalue weighted by Gasteiger charge is -2.36. The number of amidine groups is 1. The van der Waals surface area contributed by atoms with Gasteiger partial charge < -0.3 is 9.47 Å². The molecule has 1 atom stereocenters. The van der Waals surface area contributed by atoms with Gasteiger partial charge in [-0.25, -0.2) is 14.4 Å². The molecule has 3 aromatic rings. The Morgan fingerprint density at radius 1 is 1.00 bits per heavy atom. The van der Waals surface area contributed by atoms with E-state index in [2.05, 4.69) is 32.7 Å². The van der Waals surface area contributed by atoms with E-state index >= 15 is 0 Å². The van der Waals surface area contributed by atoms with Gasteiger partial charge in [0, 0.05) is 30.6 Å². The number of imidazole rings is 1. The predicted molar refractivity (Wildman–Crippen MR) is 107 cm³/mol. The average molecular weight is 372 g/mol. The van der Waals surface area contributed by atoms with Gasteiger partial charge in [-0.2, -0.15) is 0 Å². The summed E-state index contributed by atoms with van der Waals surface area (Å²) in [6.07, 6.45) is 6.71. The van der Waals surface area contributed by atoms with Crippen LogP contribution in [-0.2, 0) is 6.42 Å². The summed E-state index contributed by atoms with van der Waals surface area (Å²) >= 11 is 0. The lowest BCUT2D eigenvalue weighted by atomic mass is 9.85. The average Bonchev–Trinajstić information content (AvgIpc) is 3.42. The van der Waals surface area contributed by atoms with Crippen molar-refractivity contribution in [2.24, 2.45) is 10.9 Å². The number of aromatic nitrogens is 2. The highest BCUT2D eigenvalue weighted by molar-refractivity contribution is 5.92. The number of para-hydroxylation sites is 1. The van der Waals surface area contributed by atoms with Gasteiger partial charge >= 0.3 is 0 Å². The molecule has 0 radical (unpaired) electrons. The summed E-state index contributed by atoms with van der Waals surface area (Å²) in [6, 6.07) is 13.8. The summed E-state index contributed by atoms with van der Waals surface area (Å²) in [6.45, 7) is 1.95. The van der Waals surface area contributed by atoms with Crippen molar-refractivity contribution in [2.45, 2.75) is 25.3 Å². The van der Waals surface area contributed by atoms with E-state index in [4.69, 9.17) is 4.99 Å². The summed E-state index contributed by atoms with van der Waals surface area (Å²) in [5.41, 5.74) is 5.31. The molecule has 0 spiro atoms. The Labute approximate surface area is 163 Å². The third-order valence-electron chi connectivity index (χ3n) is 6.53. The van der Waals surface area contributed by atoms with Gasteiger partial charge in [-0.15, -0.1) is 0 Å². The zero-order valence-electron chi connectivity index (χ0n) is 15.6. The van der Waals surface area contributed by atoms with Crippen LogP contribution in [-0.4, -0.2) is 33.4 Å². The van der Waals surface area contributed by atoms with Crippen molar-refractivity contribution in [2.75, 3.05) is 13.1 Å². The van der Waals surface area contributed by atoms with E-state index in [0.29, 0.717) is 5.92 Å². The molecular weight excluding hydrogens is 351 g/mol. The van der Waals surface area contributed by atoms with Gasteiger partial charge in [-0.05, 0) is 36.5 Å². The van der Waals surface area contributed by atoms with Crippen molar-refractivity contribution in [1.82, 2.24) is 14.5 Å². The molecule has 2 aromatic carbocycles. The van der Waals surface area contributed by atoms with Crippen molar-refractivity contribution >= 4 is 11.5 Å². The van der Waals surface area contributed by atoms with Crippen molar-refractivity contribution in [3.8, 4) is 11.3 Å². The highest BCUT2D eigenvalue weighted by Gasteiger charge is 2.38. The Bertz CT molecular complexity index is 1090. The van der Waals surface area contributed by atoms with Gasteiger partial charge in [-0.1, -0.05) is 30.3 Å². The van der Waals surface area contributed by atoms with Gasteiger partial charge in [0.05, 0.1) is 29.9 Å². The number of benzene rings is 2. The fourth-order valence-electron chi connectivity index (χ4n) is 5.17. The Morgan fingerprint density at radius 3 is 2.71 bits per heavy atom. The molecular formula is C23H21FN4. The maximum absolute atomic E-state index is 14.7. The molecule has 4 nitrogen and oxygen atoms in total.